The van der Waals surface area contributed by atoms with Gasteiger partial charge in [0, 0.05) is 60.3 Å². The lowest BCUT2D eigenvalue weighted by Crippen LogP contribution is -2.34. The van der Waals surface area contributed by atoms with Gasteiger partial charge >= 0.3 is 0 Å². The third-order valence-electron chi connectivity index (χ3n) is 6.93. The van der Waals surface area contributed by atoms with Crippen molar-refractivity contribution in [2.45, 2.75) is 19.4 Å². The molecule has 2 heterocycles. The van der Waals surface area contributed by atoms with E-state index in [1.165, 1.54) is 11.3 Å². The van der Waals surface area contributed by atoms with Gasteiger partial charge in [-0.3, -0.25) is 15.2 Å². The first-order valence-electron chi connectivity index (χ1n) is 13.2. The first-order valence-corrected chi connectivity index (χ1v) is 13.2. The van der Waals surface area contributed by atoms with Crippen LogP contribution < -0.4 is 15.8 Å². The second kappa shape index (κ2) is 12.2. The zero-order chi connectivity index (χ0) is 27.9. The molecule has 0 fully saturated rings. The molecule has 1 atom stereocenters. The molecule has 6 heteroatoms. The van der Waals surface area contributed by atoms with Gasteiger partial charge in [0.2, 0.25) is 0 Å². The minimum Gasteiger partial charge on any atom is -0.372 e. The van der Waals surface area contributed by atoms with Crippen LogP contribution in [0.1, 0.15) is 34.0 Å². The van der Waals surface area contributed by atoms with Crippen molar-refractivity contribution < 1.29 is 4.79 Å². The minimum absolute atomic E-state index is 0.241. The van der Waals surface area contributed by atoms with Gasteiger partial charge in [0.15, 0.2) is 0 Å². The van der Waals surface area contributed by atoms with Crippen molar-refractivity contribution in [1.82, 2.24) is 20.8 Å². The number of anilines is 1. The molecule has 0 radical (unpaired) electrons. The molecular weight excluding hydrogens is 494 g/mol. The molecule has 2 aromatic heterocycles. The highest BCUT2D eigenvalue weighted by molar-refractivity contribution is 6.06. The van der Waals surface area contributed by atoms with Crippen molar-refractivity contribution >= 4 is 22.5 Å². The molecule has 0 spiro atoms. The number of hydrogen-bond acceptors (Lipinski definition) is 5. The van der Waals surface area contributed by atoms with E-state index in [9.17, 15) is 4.79 Å². The molecule has 1 unspecified atom stereocenters. The van der Waals surface area contributed by atoms with Crippen LogP contribution in [0.5, 0.6) is 0 Å². The summed E-state index contributed by atoms with van der Waals surface area (Å²) in [5, 5.41) is 0.698. The molecule has 0 aliphatic rings. The number of nitrogens with zero attached hydrogens (tertiary/aromatic N) is 3. The number of carbonyl (C=O) groups is 1. The van der Waals surface area contributed by atoms with Gasteiger partial charge in [-0.1, -0.05) is 54.3 Å². The van der Waals surface area contributed by atoms with Gasteiger partial charge in [0.1, 0.15) is 0 Å². The maximum atomic E-state index is 12.6. The van der Waals surface area contributed by atoms with Crippen molar-refractivity contribution in [3.8, 4) is 23.1 Å². The smallest absolute Gasteiger partial charge is 0.266 e. The molecule has 0 saturated carbocycles. The van der Waals surface area contributed by atoms with Crippen LogP contribution >= 0.6 is 0 Å². The van der Waals surface area contributed by atoms with E-state index in [0.29, 0.717) is 28.2 Å². The Hall–Kier alpha value is -4.99. The Balaban J connectivity index is 1.30. The van der Waals surface area contributed by atoms with Gasteiger partial charge in [-0.15, -0.1) is 0 Å². The SMILES string of the molecule is CNNC(=O)c1cc(-c2ccc(C#Cc3ccc(N(C)C(C)Cc4ccccc4)cc3)cc2)nc2ccncc12. The lowest BCUT2D eigenvalue weighted by molar-refractivity contribution is 0.0939. The summed E-state index contributed by atoms with van der Waals surface area (Å²) in [6.07, 6.45) is 4.32. The molecule has 2 N–H and O–H groups in total. The molecule has 40 heavy (non-hydrogen) atoms. The number of amides is 1. The van der Waals surface area contributed by atoms with E-state index in [-0.39, 0.29) is 5.91 Å². The molecule has 0 aliphatic heterocycles. The van der Waals surface area contributed by atoms with Crippen LogP contribution in [0.3, 0.4) is 0 Å². The summed E-state index contributed by atoms with van der Waals surface area (Å²) in [6, 6.07) is 30.8. The highest BCUT2D eigenvalue weighted by Crippen LogP contribution is 2.25. The van der Waals surface area contributed by atoms with Crippen molar-refractivity contribution in [2.24, 2.45) is 0 Å². The lowest BCUT2D eigenvalue weighted by atomic mass is 10.0. The number of fused-ring (bicyclic) bond motifs is 1. The summed E-state index contributed by atoms with van der Waals surface area (Å²) in [5.74, 6) is 6.28. The van der Waals surface area contributed by atoms with Crippen LogP contribution in [0.15, 0.2) is 103 Å². The van der Waals surface area contributed by atoms with E-state index in [4.69, 9.17) is 4.98 Å². The summed E-state index contributed by atoms with van der Waals surface area (Å²) in [7, 11) is 3.79. The third-order valence-corrected chi connectivity index (χ3v) is 6.93. The predicted octanol–water partition coefficient (Wildman–Crippen LogP) is 5.63. The molecule has 0 saturated heterocycles. The average Bonchev–Trinajstić information content (AvgIpc) is 3.00. The first kappa shape index (κ1) is 26.6. The van der Waals surface area contributed by atoms with Gasteiger partial charge in [-0.05, 0) is 67.4 Å². The zero-order valence-corrected chi connectivity index (χ0v) is 22.8. The molecular formula is C34H31N5O. The molecule has 3 aromatic carbocycles. The predicted molar refractivity (Wildman–Crippen MR) is 162 cm³/mol. The van der Waals surface area contributed by atoms with E-state index in [2.05, 4.69) is 101 Å². The molecule has 0 aliphatic carbocycles. The lowest BCUT2D eigenvalue weighted by Gasteiger charge is -2.27. The number of hydrogen-bond donors (Lipinski definition) is 2. The molecule has 5 rings (SSSR count). The zero-order valence-electron chi connectivity index (χ0n) is 22.8. The summed E-state index contributed by atoms with van der Waals surface area (Å²) in [6.45, 7) is 2.24. The second-order valence-electron chi connectivity index (χ2n) is 9.68. The molecule has 5 aromatic rings. The van der Waals surface area contributed by atoms with E-state index in [1.807, 2.05) is 30.3 Å². The van der Waals surface area contributed by atoms with Crippen molar-refractivity contribution in [3.05, 3.63) is 126 Å². The van der Waals surface area contributed by atoms with Gasteiger partial charge in [-0.25, -0.2) is 10.4 Å². The van der Waals surface area contributed by atoms with Crippen molar-refractivity contribution in [1.29, 1.82) is 0 Å². The molecule has 198 valence electrons. The molecule has 6 nitrogen and oxygen atoms in total. The van der Waals surface area contributed by atoms with Crippen LogP contribution in [0, 0.1) is 11.8 Å². The first-order chi connectivity index (χ1) is 19.5. The van der Waals surface area contributed by atoms with E-state index in [1.54, 1.807) is 25.5 Å². The fourth-order valence-electron chi connectivity index (χ4n) is 4.58. The average molecular weight is 526 g/mol. The van der Waals surface area contributed by atoms with E-state index in [0.717, 1.165) is 23.1 Å². The maximum absolute atomic E-state index is 12.6. The number of aromatic nitrogens is 2. The van der Waals surface area contributed by atoms with E-state index < -0.39 is 0 Å². The maximum Gasteiger partial charge on any atom is 0.266 e. The topological polar surface area (TPSA) is 70.2 Å². The Morgan fingerprint density at radius 3 is 2.27 bits per heavy atom. The summed E-state index contributed by atoms with van der Waals surface area (Å²) in [4.78, 5) is 23.8. The van der Waals surface area contributed by atoms with E-state index >= 15 is 0 Å². The minimum atomic E-state index is -0.241. The van der Waals surface area contributed by atoms with Gasteiger partial charge in [0.05, 0.1) is 16.8 Å². The normalized spacial score (nSPS) is 11.4. The van der Waals surface area contributed by atoms with Gasteiger partial charge in [0.25, 0.3) is 5.91 Å². The Kier molecular flexibility index (Phi) is 8.15. The van der Waals surface area contributed by atoms with Crippen LogP contribution in [-0.4, -0.2) is 36.0 Å². The summed E-state index contributed by atoms with van der Waals surface area (Å²) < 4.78 is 0. The standard InChI is InChI=1S/C34H31N5O/c1-24(21-27-7-5-4-6-8-27)39(3)29-17-13-26(14-18-29)10-9-25-11-15-28(16-12-25)33-22-30(34(40)38-35-2)31-23-36-20-19-32(31)37-33/h4-8,11-20,22-24,35H,21H2,1-3H3,(H,38,40). The highest BCUT2D eigenvalue weighted by atomic mass is 16.2. The Labute approximate surface area is 235 Å². The van der Waals surface area contributed by atoms with Crippen LogP contribution in [0.2, 0.25) is 0 Å². The summed E-state index contributed by atoms with van der Waals surface area (Å²) >= 11 is 0. The second-order valence-corrected chi connectivity index (χ2v) is 9.68. The van der Waals surface area contributed by atoms with Gasteiger partial charge < -0.3 is 4.90 Å². The number of carbonyl (C=O) groups excluding carboxylic acids is 1. The van der Waals surface area contributed by atoms with Gasteiger partial charge in [-0.2, -0.15) is 0 Å². The summed E-state index contributed by atoms with van der Waals surface area (Å²) in [5.41, 5.74) is 12.5. The molecule has 1 amide bonds. The number of pyridine rings is 2. The number of hydrazine groups is 1. The fourth-order valence-corrected chi connectivity index (χ4v) is 4.58. The Morgan fingerprint density at radius 2 is 1.60 bits per heavy atom. The molecule has 0 bridgehead atoms. The number of likely N-dealkylation sites (N-methyl/N-ethyl adjacent to an activating group) is 1. The van der Waals surface area contributed by atoms with Crippen LogP contribution in [0.25, 0.3) is 22.2 Å². The number of benzene rings is 3. The Bertz CT molecular complexity index is 1670. The number of nitrogens with one attached hydrogen (secondary N) is 2. The number of rotatable bonds is 7. The largest absolute Gasteiger partial charge is 0.372 e. The monoisotopic (exact) mass is 525 g/mol. The highest BCUT2D eigenvalue weighted by Gasteiger charge is 2.14. The quantitative estimate of drug-likeness (QED) is 0.213. The Morgan fingerprint density at radius 1 is 0.925 bits per heavy atom. The third kappa shape index (κ3) is 6.17. The fraction of sp³-hybridized carbons (Fsp3) is 0.147. The van der Waals surface area contributed by atoms with Crippen LogP contribution in [-0.2, 0) is 6.42 Å². The van der Waals surface area contributed by atoms with Crippen molar-refractivity contribution in [2.75, 3.05) is 19.0 Å². The van der Waals surface area contributed by atoms with Crippen molar-refractivity contribution in [3.63, 3.8) is 0 Å². The van der Waals surface area contributed by atoms with Crippen LogP contribution in [0.4, 0.5) is 5.69 Å².